The van der Waals surface area contributed by atoms with Gasteiger partial charge in [-0.2, -0.15) is 0 Å². The van der Waals surface area contributed by atoms with Crippen molar-refractivity contribution in [3.63, 3.8) is 0 Å². The highest BCUT2D eigenvalue weighted by atomic mass is 32.2. The summed E-state index contributed by atoms with van der Waals surface area (Å²) >= 11 is 0. The second-order valence-electron chi connectivity index (χ2n) is 5.24. The molecule has 1 aromatic rings. The predicted octanol–water partition coefficient (Wildman–Crippen LogP) is 1.43. The molecule has 0 unspecified atom stereocenters. The van der Waals surface area contributed by atoms with E-state index in [0.29, 0.717) is 19.6 Å². The van der Waals surface area contributed by atoms with E-state index in [0.717, 1.165) is 18.4 Å². The SMILES string of the molecule is CCS(=O)(=O)N1CCC(NCc2ccc(O)c(F)c2)CC1. The summed E-state index contributed by atoms with van der Waals surface area (Å²) in [5.74, 6) is -0.840. The van der Waals surface area contributed by atoms with Gasteiger partial charge in [0.15, 0.2) is 11.6 Å². The Morgan fingerprint density at radius 2 is 2.05 bits per heavy atom. The van der Waals surface area contributed by atoms with Crippen LogP contribution >= 0.6 is 0 Å². The molecule has 2 N–H and O–H groups in total. The van der Waals surface area contributed by atoms with Gasteiger partial charge in [0.05, 0.1) is 5.75 Å². The fourth-order valence-corrected chi connectivity index (χ4v) is 3.58. The van der Waals surface area contributed by atoms with E-state index in [1.165, 1.54) is 16.4 Å². The highest BCUT2D eigenvalue weighted by Gasteiger charge is 2.26. The molecule has 0 bridgehead atoms. The first-order valence-corrected chi connectivity index (χ1v) is 8.72. The zero-order chi connectivity index (χ0) is 15.5. The van der Waals surface area contributed by atoms with Crippen molar-refractivity contribution >= 4 is 10.0 Å². The molecule has 0 amide bonds. The first-order chi connectivity index (χ1) is 9.92. The third kappa shape index (κ3) is 4.15. The van der Waals surface area contributed by atoms with Gasteiger partial charge in [-0.15, -0.1) is 0 Å². The quantitative estimate of drug-likeness (QED) is 0.862. The smallest absolute Gasteiger partial charge is 0.213 e. The molecule has 5 nitrogen and oxygen atoms in total. The molecule has 0 aromatic heterocycles. The molecular weight excluding hydrogens is 295 g/mol. The first kappa shape index (κ1) is 16.2. The van der Waals surface area contributed by atoms with Crippen LogP contribution in [0.4, 0.5) is 4.39 Å². The molecule has 21 heavy (non-hydrogen) atoms. The van der Waals surface area contributed by atoms with Gasteiger partial charge < -0.3 is 10.4 Å². The summed E-state index contributed by atoms with van der Waals surface area (Å²) in [7, 11) is -3.09. The molecule has 1 aromatic carbocycles. The lowest BCUT2D eigenvalue weighted by Gasteiger charge is -2.31. The molecule has 1 saturated heterocycles. The maximum atomic E-state index is 13.2. The van der Waals surface area contributed by atoms with Gasteiger partial charge in [0, 0.05) is 25.7 Å². The molecule has 7 heteroatoms. The van der Waals surface area contributed by atoms with Gasteiger partial charge in [-0.1, -0.05) is 6.07 Å². The molecular formula is C14H21FN2O3S. The topological polar surface area (TPSA) is 69.6 Å². The lowest BCUT2D eigenvalue weighted by atomic mass is 10.1. The second-order valence-corrected chi connectivity index (χ2v) is 7.50. The minimum absolute atomic E-state index is 0.137. The van der Waals surface area contributed by atoms with Crippen LogP contribution in [0.5, 0.6) is 5.75 Å². The van der Waals surface area contributed by atoms with E-state index in [-0.39, 0.29) is 17.5 Å². The number of nitrogens with zero attached hydrogens (tertiary/aromatic N) is 1. The van der Waals surface area contributed by atoms with Gasteiger partial charge in [-0.3, -0.25) is 0 Å². The standard InChI is InChI=1S/C14H21FN2O3S/c1-2-21(19,20)17-7-5-12(6-8-17)16-10-11-3-4-14(18)13(15)9-11/h3-4,9,12,16,18H,2,5-8,10H2,1H3. The molecule has 1 fully saturated rings. The Hall–Kier alpha value is -1.18. The Balaban J connectivity index is 1.82. The summed E-state index contributed by atoms with van der Waals surface area (Å²) in [6.45, 7) is 3.21. The van der Waals surface area contributed by atoms with E-state index in [1.54, 1.807) is 13.0 Å². The summed E-state index contributed by atoms with van der Waals surface area (Å²) in [6, 6.07) is 4.54. The normalized spacial score (nSPS) is 18.0. The van der Waals surface area contributed by atoms with Gasteiger partial charge in [0.1, 0.15) is 0 Å². The Bertz CT molecular complexity index is 584. The molecule has 1 heterocycles. The number of aromatic hydroxyl groups is 1. The van der Waals surface area contributed by atoms with Crippen LogP contribution in [0, 0.1) is 5.82 Å². The summed E-state index contributed by atoms with van der Waals surface area (Å²) in [4.78, 5) is 0. The number of phenolic OH excluding ortho intramolecular Hbond substituents is 1. The second kappa shape index (κ2) is 6.72. The maximum absolute atomic E-state index is 13.2. The fraction of sp³-hybridized carbons (Fsp3) is 0.571. The minimum atomic E-state index is -3.09. The number of phenols is 1. The number of nitrogens with one attached hydrogen (secondary N) is 1. The fourth-order valence-electron chi connectivity index (χ4n) is 2.44. The predicted molar refractivity (Wildman–Crippen MR) is 79.0 cm³/mol. The lowest BCUT2D eigenvalue weighted by molar-refractivity contribution is 0.289. The van der Waals surface area contributed by atoms with Crippen molar-refractivity contribution in [2.75, 3.05) is 18.8 Å². The number of benzene rings is 1. The molecule has 0 radical (unpaired) electrons. The third-order valence-electron chi connectivity index (χ3n) is 3.82. The van der Waals surface area contributed by atoms with Crippen LogP contribution in [-0.4, -0.2) is 42.7 Å². The first-order valence-electron chi connectivity index (χ1n) is 7.11. The summed E-state index contributed by atoms with van der Waals surface area (Å²) in [5, 5.41) is 12.4. The van der Waals surface area contributed by atoms with Crippen molar-refractivity contribution in [3.05, 3.63) is 29.6 Å². The molecule has 0 aliphatic carbocycles. The van der Waals surface area contributed by atoms with Crippen molar-refractivity contribution in [2.45, 2.75) is 32.4 Å². The number of hydrogen-bond donors (Lipinski definition) is 2. The van der Waals surface area contributed by atoms with Crippen LogP contribution in [-0.2, 0) is 16.6 Å². The van der Waals surface area contributed by atoms with E-state index in [1.807, 2.05) is 0 Å². The van der Waals surface area contributed by atoms with Gasteiger partial charge in [-0.05, 0) is 37.5 Å². The molecule has 0 spiro atoms. The Labute approximate surface area is 124 Å². The van der Waals surface area contributed by atoms with Gasteiger partial charge >= 0.3 is 0 Å². The van der Waals surface area contributed by atoms with E-state index in [9.17, 15) is 12.8 Å². The molecule has 118 valence electrons. The lowest BCUT2D eigenvalue weighted by Crippen LogP contribution is -2.45. The molecule has 1 aliphatic heterocycles. The minimum Gasteiger partial charge on any atom is -0.505 e. The van der Waals surface area contributed by atoms with Crippen molar-refractivity contribution in [1.29, 1.82) is 0 Å². The summed E-state index contributed by atoms with van der Waals surface area (Å²) in [5.41, 5.74) is 0.758. The Morgan fingerprint density at radius 1 is 1.38 bits per heavy atom. The van der Waals surface area contributed by atoms with Crippen LogP contribution in [0.2, 0.25) is 0 Å². The van der Waals surface area contributed by atoms with Gasteiger partial charge in [-0.25, -0.2) is 17.1 Å². The third-order valence-corrected chi connectivity index (χ3v) is 5.70. The van der Waals surface area contributed by atoms with Crippen LogP contribution in [0.1, 0.15) is 25.3 Å². The van der Waals surface area contributed by atoms with E-state index < -0.39 is 15.8 Å². The van der Waals surface area contributed by atoms with Crippen LogP contribution in [0.3, 0.4) is 0 Å². The van der Waals surface area contributed by atoms with E-state index >= 15 is 0 Å². The molecule has 0 atom stereocenters. The molecule has 2 rings (SSSR count). The number of rotatable bonds is 5. The summed E-state index contributed by atoms with van der Waals surface area (Å²) in [6.07, 6.45) is 1.50. The van der Waals surface area contributed by atoms with Crippen molar-refractivity contribution in [3.8, 4) is 5.75 Å². The van der Waals surface area contributed by atoms with Gasteiger partial charge in [0.25, 0.3) is 0 Å². The highest BCUT2D eigenvalue weighted by molar-refractivity contribution is 7.89. The zero-order valence-corrected chi connectivity index (χ0v) is 12.9. The molecule has 1 aliphatic rings. The number of sulfonamides is 1. The number of piperidine rings is 1. The average Bonchev–Trinajstić information content (AvgIpc) is 2.49. The molecule has 0 saturated carbocycles. The van der Waals surface area contributed by atoms with E-state index in [2.05, 4.69) is 5.32 Å². The number of halogens is 1. The van der Waals surface area contributed by atoms with Crippen LogP contribution in [0.25, 0.3) is 0 Å². The van der Waals surface area contributed by atoms with E-state index in [4.69, 9.17) is 5.11 Å². The average molecular weight is 316 g/mol. The van der Waals surface area contributed by atoms with Crippen molar-refractivity contribution in [2.24, 2.45) is 0 Å². The Morgan fingerprint density at radius 3 is 2.62 bits per heavy atom. The summed E-state index contributed by atoms with van der Waals surface area (Å²) < 4.78 is 38.2. The zero-order valence-electron chi connectivity index (χ0n) is 12.0. The number of hydrogen-bond acceptors (Lipinski definition) is 4. The Kier molecular flexibility index (Phi) is 5.18. The van der Waals surface area contributed by atoms with Crippen LogP contribution < -0.4 is 5.32 Å². The largest absolute Gasteiger partial charge is 0.505 e. The highest BCUT2D eigenvalue weighted by Crippen LogP contribution is 2.18. The van der Waals surface area contributed by atoms with Gasteiger partial charge in [0.2, 0.25) is 10.0 Å². The maximum Gasteiger partial charge on any atom is 0.213 e. The van der Waals surface area contributed by atoms with Crippen molar-refractivity contribution < 1.29 is 17.9 Å². The van der Waals surface area contributed by atoms with Crippen LogP contribution in [0.15, 0.2) is 18.2 Å². The van der Waals surface area contributed by atoms with Crippen molar-refractivity contribution in [1.82, 2.24) is 9.62 Å². The monoisotopic (exact) mass is 316 g/mol.